The minimum atomic E-state index is -3.52. The lowest BCUT2D eigenvalue weighted by molar-refractivity contribution is 0.568. The van der Waals surface area contributed by atoms with Crippen LogP contribution in [0.4, 0.5) is 0 Å². The molecule has 0 fully saturated rings. The zero-order valence-electron chi connectivity index (χ0n) is 11.8. The van der Waals surface area contributed by atoms with Crippen LogP contribution in [0.15, 0.2) is 50.1 Å². The van der Waals surface area contributed by atoms with Gasteiger partial charge in [-0.25, -0.2) is 13.1 Å². The van der Waals surface area contributed by atoms with Crippen molar-refractivity contribution in [1.29, 1.82) is 0 Å². The molecule has 0 saturated heterocycles. The first-order valence-electron chi connectivity index (χ1n) is 6.60. The quantitative estimate of drug-likeness (QED) is 0.771. The molecule has 1 N–H and O–H groups in total. The Hall–Kier alpha value is -1.90. The van der Waals surface area contributed by atoms with E-state index >= 15 is 0 Å². The molecule has 0 bridgehead atoms. The van der Waals surface area contributed by atoms with Crippen LogP contribution in [-0.4, -0.2) is 19.5 Å². The number of fused-ring (bicyclic) bond motifs is 1. The molecule has 0 saturated carbocycles. The van der Waals surface area contributed by atoms with Crippen LogP contribution in [0.5, 0.6) is 0 Å². The highest BCUT2D eigenvalue weighted by molar-refractivity contribution is 7.91. The Morgan fingerprint density at radius 1 is 1.27 bits per heavy atom. The molecule has 3 heterocycles. The maximum absolute atomic E-state index is 12.1. The summed E-state index contributed by atoms with van der Waals surface area (Å²) in [5.41, 5.74) is 0.00732. The van der Waals surface area contributed by atoms with Gasteiger partial charge in [-0.3, -0.25) is 4.79 Å². The second kappa shape index (κ2) is 5.71. The minimum Gasteiger partial charge on any atom is -0.459 e. The van der Waals surface area contributed by atoms with E-state index in [1.165, 1.54) is 22.2 Å². The van der Waals surface area contributed by atoms with Crippen molar-refractivity contribution >= 4 is 32.3 Å². The molecule has 3 aromatic heterocycles. The summed E-state index contributed by atoms with van der Waals surface area (Å²) >= 11 is 1.21. The predicted molar refractivity (Wildman–Crippen MR) is 84.7 cm³/mol. The largest absolute Gasteiger partial charge is 0.459 e. The molecule has 0 aliphatic rings. The van der Waals surface area contributed by atoms with Crippen molar-refractivity contribution in [2.24, 2.45) is 0 Å². The van der Waals surface area contributed by atoms with E-state index in [2.05, 4.69) is 4.72 Å². The summed E-state index contributed by atoms with van der Waals surface area (Å²) in [7, 11) is -3.52. The summed E-state index contributed by atoms with van der Waals surface area (Å²) in [6, 6.07) is 6.80. The predicted octanol–water partition coefficient (Wildman–Crippen LogP) is 1.94. The topological polar surface area (TPSA) is 81.3 Å². The van der Waals surface area contributed by atoms with Crippen molar-refractivity contribution in [1.82, 2.24) is 9.29 Å². The average Bonchev–Trinajstić information content (AvgIpc) is 3.10. The molecule has 0 amide bonds. The molecule has 6 nitrogen and oxygen atoms in total. The third kappa shape index (κ3) is 2.85. The first kappa shape index (κ1) is 15.0. The smallest absolute Gasteiger partial charge is 0.294 e. The van der Waals surface area contributed by atoms with Gasteiger partial charge in [0.2, 0.25) is 10.0 Å². The summed E-state index contributed by atoms with van der Waals surface area (Å²) in [6.07, 6.45) is 3.09. The zero-order chi connectivity index (χ0) is 15.7. The van der Waals surface area contributed by atoms with Gasteiger partial charge in [-0.15, -0.1) is 11.3 Å². The zero-order valence-corrected chi connectivity index (χ0v) is 13.4. The van der Waals surface area contributed by atoms with Crippen molar-refractivity contribution in [3.05, 3.63) is 52.0 Å². The summed E-state index contributed by atoms with van der Waals surface area (Å²) in [4.78, 5) is 13.0. The number of rotatable bonds is 5. The number of sulfonamides is 1. The molecule has 116 valence electrons. The Bertz CT molecular complexity index is 966. The number of aryl methyl sites for hydroxylation is 1. The number of pyridine rings is 1. The number of nitrogens with one attached hydrogen (secondary N) is 1. The summed E-state index contributed by atoms with van der Waals surface area (Å²) in [6.45, 7) is 2.21. The monoisotopic (exact) mass is 338 g/mol. The fraction of sp³-hybridized carbons (Fsp3) is 0.214. The number of furan rings is 1. The Morgan fingerprint density at radius 2 is 2.09 bits per heavy atom. The van der Waals surface area contributed by atoms with Gasteiger partial charge in [0, 0.05) is 29.5 Å². The highest BCUT2D eigenvalue weighted by Gasteiger charge is 2.15. The van der Waals surface area contributed by atoms with E-state index in [4.69, 9.17) is 4.42 Å². The lowest BCUT2D eigenvalue weighted by Gasteiger charge is -2.07. The van der Waals surface area contributed by atoms with Crippen LogP contribution in [0.1, 0.15) is 4.88 Å². The Labute approximate surface area is 131 Å². The summed E-state index contributed by atoms with van der Waals surface area (Å²) in [5, 5.41) is 0.732. The minimum absolute atomic E-state index is 0.130. The van der Waals surface area contributed by atoms with Gasteiger partial charge in [0.25, 0.3) is 5.56 Å². The van der Waals surface area contributed by atoms with Crippen LogP contribution in [-0.2, 0) is 16.6 Å². The normalized spacial score (nSPS) is 12.0. The molecular weight excluding hydrogens is 324 g/mol. The molecule has 0 atom stereocenters. The van der Waals surface area contributed by atoms with Gasteiger partial charge in [0.1, 0.15) is 4.21 Å². The molecule has 0 aliphatic carbocycles. The number of aromatic nitrogens is 1. The van der Waals surface area contributed by atoms with Crippen LogP contribution in [0.3, 0.4) is 0 Å². The van der Waals surface area contributed by atoms with Crippen LogP contribution in [0, 0.1) is 6.92 Å². The number of nitrogens with zero attached hydrogens (tertiary/aromatic N) is 1. The van der Waals surface area contributed by atoms with Gasteiger partial charge >= 0.3 is 0 Å². The van der Waals surface area contributed by atoms with E-state index in [0.29, 0.717) is 0 Å². The number of thiophene rings is 1. The number of hydrogen-bond donors (Lipinski definition) is 1. The van der Waals surface area contributed by atoms with Gasteiger partial charge in [-0.05, 0) is 31.2 Å². The van der Waals surface area contributed by atoms with Gasteiger partial charge < -0.3 is 8.98 Å². The first-order valence-corrected chi connectivity index (χ1v) is 8.90. The molecule has 3 rings (SSSR count). The fourth-order valence-electron chi connectivity index (χ4n) is 2.10. The molecular formula is C14H14N2O4S2. The fourth-order valence-corrected chi connectivity index (χ4v) is 4.45. The molecule has 0 aliphatic heterocycles. The van der Waals surface area contributed by atoms with Crippen LogP contribution < -0.4 is 10.3 Å². The number of hydrogen-bond acceptors (Lipinski definition) is 5. The van der Waals surface area contributed by atoms with E-state index in [9.17, 15) is 13.2 Å². The second-order valence-electron chi connectivity index (χ2n) is 4.78. The molecule has 22 heavy (non-hydrogen) atoms. The van der Waals surface area contributed by atoms with Gasteiger partial charge in [-0.1, -0.05) is 0 Å². The highest BCUT2D eigenvalue weighted by atomic mass is 32.2. The summed E-state index contributed by atoms with van der Waals surface area (Å²) in [5.74, 6) is 0. The molecule has 0 spiro atoms. The lowest BCUT2D eigenvalue weighted by Crippen LogP contribution is -2.30. The van der Waals surface area contributed by atoms with Crippen molar-refractivity contribution in [2.75, 3.05) is 6.54 Å². The van der Waals surface area contributed by atoms with Crippen LogP contribution in [0.2, 0.25) is 0 Å². The van der Waals surface area contributed by atoms with E-state index in [1.807, 2.05) is 6.92 Å². The van der Waals surface area contributed by atoms with Crippen molar-refractivity contribution in [3.8, 4) is 0 Å². The van der Waals surface area contributed by atoms with Gasteiger partial charge in [0.05, 0.1) is 6.26 Å². The maximum Gasteiger partial charge on any atom is 0.294 e. The average molecular weight is 338 g/mol. The Balaban J connectivity index is 1.72. The van der Waals surface area contributed by atoms with E-state index in [-0.39, 0.29) is 28.4 Å². The molecule has 0 radical (unpaired) electrons. The first-order chi connectivity index (χ1) is 10.5. The van der Waals surface area contributed by atoms with Crippen LogP contribution >= 0.6 is 11.3 Å². The third-order valence-electron chi connectivity index (χ3n) is 3.21. The van der Waals surface area contributed by atoms with Gasteiger partial charge in [-0.2, -0.15) is 0 Å². The maximum atomic E-state index is 12.1. The SMILES string of the molecule is Cc1ccc(S(=O)(=O)NCCn2ccc3ccoc3c2=O)s1. The third-order valence-corrected chi connectivity index (χ3v) is 6.16. The molecule has 8 heteroatoms. The Kier molecular flexibility index (Phi) is 3.90. The Morgan fingerprint density at radius 3 is 2.82 bits per heavy atom. The van der Waals surface area contributed by atoms with Crippen molar-refractivity contribution in [2.45, 2.75) is 17.7 Å². The van der Waals surface area contributed by atoms with Crippen molar-refractivity contribution < 1.29 is 12.8 Å². The molecule has 3 aromatic rings. The van der Waals surface area contributed by atoms with Crippen LogP contribution in [0.25, 0.3) is 11.0 Å². The molecule has 0 unspecified atom stereocenters. The van der Waals surface area contributed by atoms with Gasteiger partial charge in [0.15, 0.2) is 5.58 Å². The molecule has 0 aromatic carbocycles. The van der Waals surface area contributed by atoms with Crippen molar-refractivity contribution in [3.63, 3.8) is 0 Å². The lowest BCUT2D eigenvalue weighted by atomic mass is 10.3. The van der Waals surface area contributed by atoms with E-state index in [1.54, 1.807) is 30.5 Å². The second-order valence-corrected chi connectivity index (χ2v) is 8.06. The standard InChI is InChI=1S/C14H14N2O4S2/c1-10-2-3-12(21-10)22(18,19)15-6-8-16-7-4-11-5-9-20-13(11)14(16)17/h2-5,7,9,15H,6,8H2,1H3. The van der Waals surface area contributed by atoms with E-state index in [0.717, 1.165) is 10.3 Å². The summed E-state index contributed by atoms with van der Waals surface area (Å²) < 4.78 is 33.5. The highest BCUT2D eigenvalue weighted by Crippen LogP contribution is 2.20. The van der Waals surface area contributed by atoms with E-state index < -0.39 is 10.0 Å².